The number of aromatic nitrogens is 8. The fourth-order valence-electron chi connectivity index (χ4n) is 5.87. The molecule has 8 rings (SSSR count). The molecule has 0 aliphatic carbocycles. The summed E-state index contributed by atoms with van der Waals surface area (Å²) in [5.41, 5.74) is 13.0. The molecule has 0 spiro atoms. The topological polar surface area (TPSA) is 202 Å². The molecular formula is C43H40BrN9O8. The van der Waals surface area contributed by atoms with Gasteiger partial charge in [-0.1, -0.05) is 24.3 Å². The van der Waals surface area contributed by atoms with Crippen LogP contribution in [0, 0.1) is 0 Å². The third-order valence-corrected chi connectivity index (χ3v) is 9.46. The molecule has 0 bridgehead atoms. The molecular weight excluding hydrogens is 850 g/mol. The highest BCUT2D eigenvalue weighted by atomic mass is 79.9. The predicted molar refractivity (Wildman–Crippen MR) is 229 cm³/mol. The number of hydrogen-bond acceptors (Lipinski definition) is 15. The number of esters is 2. The second-order valence-electron chi connectivity index (χ2n) is 12.6. The number of fused-ring (bicyclic) bond motifs is 2. The van der Waals surface area contributed by atoms with Gasteiger partial charge in [0, 0.05) is 53.6 Å². The molecule has 0 saturated heterocycles. The summed E-state index contributed by atoms with van der Waals surface area (Å²) in [5, 5.41) is 9.11. The maximum atomic E-state index is 11.7. The van der Waals surface area contributed by atoms with Gasteiger partial charge in [-0.05, 0) is 76.6 Å². The van der Waals surface area contributed by atoms with Crippen LogP contribution in [-0.2, 0) is 15.9 Å². The molecule has 0 saturated carbocycles. The fourth-order valence-corrected chi connectivity index (χ4v) is 6.37. The van der Waals surface area contributed by atoms with Crippen molar-refractivity contribution < 1.29 is 38.0 Å². The van der Waals surface area contributed by atoms with Crippen LogP contribution in [0.3, 0.4) is 0 Å². The standard InChI is InChI=1S/C22H20N4O4.C14H10BrN3O2.C7H10N2O2/c1-28-19-9-8-17(24-21(19)29-2)12-16-13-18(25-26-11-10-23-20(16)26)14-4-6-15(7-5-14)22(27)30-3;1-20-14(19)10-4-2-9(3-5-10)12-8-11(15)13-16-6-7-18(13)17-12;1-10-5-3-4-6(8)9-7(5)11-2/h4-11,13H,12H2,1-3H3;2-8H,1H3;3-4H,1-2H3,(H2,8,9). The highest BCUT2D eigenvalue weighted by molar-refractivity contribution is 9.10. The Labute approximate surface area is 358 Å². The van der Waals surface area contributed by atoms with Gasteiger partial charge in [0.2, 0.25) is 0 Å². The molecule has 0 aliphatic rings. The minimum atomic E-state index is -0.375. The summed E-state index contributed by atoms with van der Waals surface area (Å²) in [4.78, 5) is 40.1. The summed E-state index contributed by atoms with van der Waals surface area (Å²) in [6, 6.07) is 25.2. The molecule has 0 aliphatic heterocycles. The van der Waals surface area contributed by atoms with Crippen LogP contribution >= 0.6 is 15.9 Å². The normalized spacial score (nSPS) is 10.5. The smallest absolute Gasteiger partial charge is 0.337 e. The van der Waals surface area contributed by atoms with Crippen molar-refractivity contribution in [3.63, 3.8) is 0 Å². The molecule has 312 valence electrons. The largest absolute Gasteiger partial charge is 0.491 e. The van der Waals surface area contributed by atoms with Crippen molar-refractivity contribution in [3.05, 3.63) is 137 Å². The van der Waals surface area contributed by atoms with Crippen LogP contribution in [0.2, 0.25) is 0 Å². The van der Waals surface area contributed by atoms with Crippen molar-refractivity contribution in [1.29, 1.82) is 0 Å². The minimum absolute atomic E-state index is 0.351. The number of pyridine rings is 2. The van der Waals surface area contributed by atoms with Gasteiger partial charge in [0.15, 0.2) is 22.8 Å². The Bertz CT molecular complexity index is 2780. The zero-order chi connectivity index (χ0) is 43.5. The van der Waals surface area contributed by atoms with Gasteiger partial charge >= 0.3 is 11.9 Å². The number of rotatable bonds is 10. The first-order valence-corrected chi connectivity index (χ1v) is 19.0. The highest BCUT2D eigenvalue weighted by Gasteiger charge is 2.14. The molecule has 0 fully saturated rings. The van der Waals surface area contributed by atoms with E-state index in [1.165, 1.54) is 21.3 Å². The lowest BCUT2D eigenvalue weighted by Crippen LogP contribution is -2.03. The second-order valence-corrected chi connectivity index (χ2v) is 13.5. The Balaban J connectivity index is 0.000000172. The van der Waals surface area contributed by atoms with Crippen LogP contribution in [0.5, 0.6) is 23.3 Å². The highest BCUT2D eigenvalue weighted by Crippen LogP contribution is 2.28. The second kappa shape index (κ2) is 19.9. The molecule has 6 heterocycles. The Morgan fingerprint density at radius 2 is 1.10 bits per heavy atom. The van der Waals surface area contributed by atoms with Crippen LogP contribution in [-0.4, -0.2) is 93.8 Å². The first-order valence-electron chi connectivity index (χ1n) is 18.2. The number of carbonyl (C=O) groups excluding carboxylic acids is 2. The van der Waals surface area contributed by atoms with E-state index in [0.717, 1.165) is 49.5 Å². The maximum absolute atomic E-state index is 11.7. The number of hydrogen-bond donors (Lipinski definition) is 1. The van der Waals surface area contributed by atoms with Crippen molar-refractivity contribution in [3.8, 4) is 45.8 Å². The van der Waals surface area contributed by atoms with E-state index in [0.29, 0.717) is 46.6 Å². The van der Waals surface area contributed by atoms with Crippen LogP contribution in [0.4, 0.5) is 5.82 Å². The lowest BCUT2D eigenvalue weighted by Gasteiger charge is -2.10. The number of nitrogen functional groups attached to an aromatic ring is 1. The van der Waals surface area contributed by atoms with Crippen LogP contribution in [0.25, 0.3) is 33.8 Å². The van der Waals surface area contributed by atoms with E-state index < -0.39 is 0 Å². The van der Waals surface area contributed by atoms with Crippen LogP contribution in [0.15, 0.2) is 114 Å². The monoisotopic (exact) mass is 889 g/mol. The van der Waals surface area contributed by atoms with Crippen molar-refractivity contribution in [2.24, 2.45) is 0 Å². The van der Waals surface area contributed by atoms with E-state index >= 15 is 0 Å². The molecule has 2 aromatic carbocycles. The van der Waals surface area contributed by atoms with Gasteiger partial charge in [0.25, 0.3) is 11.8 Å². The van der Waals surface area contributed by atoms with Gasteiger partial charge in [0.1, 0.15) is 5.82 Å². The first kappa shape index (κ1) is 43.0. The van der Waals surface area contributed by atoms with Crippen molar-refractivity contribution in [1.82, 2.24) is 39.2 Å². The number of halogens is 1. The van der Waals surface area contributed by atoms with Crippen LogP contribution in [0.1, 0.15) is 32.0 Å². The number of nitrogens with zero attached hydrogens (tertiary/aromatic N) is 8. The SMILES string of the molecule is COC(=O)c1ccc(-c2cc(Br)c3nccn3n2)cc1.COC(=O)c1ccc(-c2cc(Cc3ccc(OC)c(OC)n3)c3nccn3n2)cc1.COc1ccc(N)nc1OC. The molecule has 61 heavy (non-hydrogen) atoms. The quantitative estimate of drug-likeness (QED) is 0.140. The van der Waals surface area contributed by atoms with Crippen molar-refractivity contribution in [2.75, 3.05) is 48.4 Å². The summed E-state index contributed by atoms with van der Waals surface area (Å²) < 4.78 is 34.2. The molecule has 0 unspecified atom stereocenters. The lowest BCUT2D eigenvalue weighted by atomic mass is 10.1. The van der Waals surface area contributed by atoms with Gasteiger partial charge < -0.3 is 34.2 Å². The Morgan fingerprint density at radius 1 is 0.607 bits per heavy atom. The number of nitrogens with two attached hydrogens (primary N) is 1. The molecule has 6 aromatic heterocycles. The van der Waals surface area contributed by atoms with Gasteiger partial charge in [-0.2, -0.15) is 15.2 Å². The zero-order valence-corrected chi connectivity index (χ0v) is 35.5. The number of methoxy groups -OCH3 is 6. The average molecular weight is 891 g/mol. The summed E-state index contributed by atoms with van der Waals surface area (Å²) in [6.07, 6.45) is 7.52. The minimum Gasteiger partial charge on any atom is -0.491 e. The fraction of sp³-hybridized carbons (Fsp3) is 0.163. The summed E-state index contributed by atoms with van der Waals surface area (Å²) in [7, 11) is 8.93. The molecule has 18 heteroatoms. The van der Waals surface area contributed by atoms with E-state index in [1.807, 2.05) is 48.5 Å². The maximum Gasteiger partial charge on any atom is 0.337 e. The third kappa shape index (κ3) is 10.2. The van der Waals surface area contributed by atoms with E-state index in [4.69, 9.17) is 29.4 Å². The van der Waals surface area contributed by atoms with Gasteiger partial charge in [-0.25, -0.2) is 33.6 Å². The molecule has 0 amide bonds. The van der Waals surface area contributed by atoms with Gasteiger partial charge in [-0.15, -0.1) is 0 Å². The Kier molecular flexibility index (Phi) is 14.0. The third-order valence-electron chi connectivity index (χ3n) is 8.88. The predicted octanol–water partition coefficient (Wildman–Crippen LogP) is 6.81. The van der Waals surface area contributed by atoms with Crippen molar-refractivity contribution >= 4 is 45.0 Å². The molecule has 17 nitrogen and oxygen atoms in total. The summed E-state index contributed by atoms with van der Waals surface area (Å²) in [6.45, 7) is 0. The number of imidazole rings is 2. The van der Waals surface area contributed by atoms with Crippen molar-refractivity contribution in [2.45, 2.75) is 6.42 Å². The molecule has 0 radical (unpaired) electrons. The van der Waals surface area contributed by atoms with E-state index in [2.05, 4.69) is 50.8 Å². The number of carbonyl (C=O) groups is 2. The van der Waals surface area contributed by atoms with E-state index in [9.17, 15) is 9.59 Å². The zero-order valence-electron chi connectivity index (χ0n) is 33.9. The molecule has 8 aromatic rings. The Morgan fingerprint density at radius 3 is 1.62 bits per heavy atom. The average Bonchev–Trinajstić information content (AvgIpc) is 4.00. The molecule has 2 N–H and O–H groups in total. The summed E-state index contributed by atoms with van der Waals surface area (Å²) in [5.74, 6) is 1.70. The lowest BCUT2D eigenvalue weighted by molar-refractivity contribution is 0.0592. The number of ether oxygens (including phenoxy) is 6. The van der Waals surface area contributed by atoms with E-state index in [1.54, 1.807) is 91.5 Å². The van der Waals surface area contributed by atoms with Gasteiger partial charge in [0.05, 0.1) is 69.6 Å². The van der Waals surface area contributed by atoms with E-state index in [-0.39, 0.29) is 11.9 Å². The number of anilines is 1. The van der Waals surface area contributed by atoms with Gasteiger partial charge in [-0.3, -0.25) is 0 Å². The Hall–Kier alpha value is -7.60. The van der Waals surface area contributed by atoms with Crippen LogP contribution < -0.4 is 24.7 Å². The number of benzene rings is 2. The molecule has 0 atom stereocenters. The summed E-state index contributed by atoms with van der Waals surface area (Å²) >= 11 is 3.48. The first-order chi connectivity index (χ1) is 29.6.